The number of aliphatic hydroxyl groups excluding tert-OH is 2. The van der Waals surface area contributed by atoms with Crippen LogP contribution in [0, 0.1) is 23.2 Å². The summed E-state index contributed by atoms with van der Waals surface area (Å²) in [4.78, 5) is 22.1. The molecule has 0 aromatic carbocycles. The van der Waals surface area contributed by atoms with Gasteiger partial charge in [-0.2, -0.15) is 0 Å². The van der Waals surface area contributed by atoms with Gasteiger partial charge in [0.05, 0.1) is 18.8 Å². The van der Waals surface area contributed by atoms with Gasteiger partial charge >= 0.3 is 7.60 Å². The molecule has 0 aliphatic heterocycles. The minimum absolute atomic E-state index is 0.0851. The summed E-state index contributed by atoms with van der Waals surface area (Å²) in [5.41, 5.74) is 2.29. The quantitative estimate of drug-likeness (QED) is 0.307. The van der Waals surface area contributed by atoms with E-state index >= 15 is 0 Å². The number of carbonyl (C=O) groups excluding carboxylic acids is 1. The maximum absolute atomic E-state index is 12.2. The third-order valence-electron chi connectivity index (χ3n) is 8.23. The third-order valence-corrected chi connectivity index (χ3v) is 9.47. The van der Waals surface area contributed by atoms with Crippen LogP contribution in [0.2, 0.25) is 0 Å². The monoisotopic (exact) mass is 492 g/mol. The summed E-state index contributed by atoms with van der Waals surface area (Å²) in [5, 5.41) is 20.2. The lowest BCUT2D eigenvalue weighted by molar-refractivity contribution is -0.109. The summed E-state index contributed by atoms with van der Waals surface area (Å²) >= 11 is 0. The number of allylic oxidation sites excluding steroid dienone is 5. The molecule has 6 nitrogen and oxygen atoms in total. The first-order chi connectivity index (χ1) is 16.0. The molecule has 0 bridgehead atoms. The highest BCUT2D eigenvalue weighted by atomic mass is 31.2. The van der Waals surface area contributed by atoms with Crippen molar-refractivity contribution in [3.05, 3.63) is 47.6 Å². The van der Waals surface area contributed by atoms with Crippen molar-refractivity contribution in [2.75, 3.05) is 6.61 Å². The minimum atomic E-state index is -4.26. The van der Waals surface area contributed by atoms with Crippen molar-refractivity contribution in [2.24, 2.45) is 23.2 Å². The van der Waals surface area contributed by atoms with Gasteiger partial charge in [0.15, 0.2) is 0 Å². The second-order valence-corrected chi connectivity index (χ2v) is 12.3. The zero-order chi connectivity index (χ0) is 25.1. The van der Waals surface area contributed by atoms with Gasteiger partial charge in [-0.1, -0.05) is 51.2 Å². The molecule has 0 radical (unpaired) electrons. The highest BCUT2D eigenvalue weighted by Crippen LogP contribution is 2.59. The third kappa shape index (κ3) is 5.91. The summed E-state index contributed by atoms with van der Waals surface area (Å²) in [7, 11) is -4.26. The fourth-order valence-electron chi connectivity index (χ4n) is 6.35. The Morgan fingerprint density at radius 1 is 1.32 bits per heavy atom. The lowest BCUT2D eigenvalue weighted by Crippen LogP contribution is -2.35. The molecule has 3 fully saturated rings. The Morgan fingerprint density at radius 2 is 2.06 bits per heavy atom. The Morgan fingerprint density at radius 3 is 2.76 bits per heavy atom. The van der Waals surface area contributed by atoms with Gasteiger partial charge in [0.25, 0.3) is 5.52 Å². The average Bonchev–Trinajstić information content (AvgIpc) is 3.14. The van der Waals surface area contributed by atoms with E-state index in [9.17, 15) is 24.5 Å². The van der Waals surface area contributed by atoms with E-state index in [0.717, 1.165) is 37.7 Å². The molecule has 0 aromatic rings. The molecule has 7 atom stereocenters. The number of carbonyl (C=O) groups is 1. The maximum Gasteiger partial charge on any atom is 0.398 e. The zero-order valence-corrected chi connectivity index (χ0v) is 21.7. The molecule has 3 rings (SSSR count). The lowest BCUT2D eigenvalue weighted by atomic mass is 9.61. The van der Waals surface area contributed by atoms with Gasteiger partial charge in [-0.05, 0) is 85.3 Å². The first kappa shape index (κ1) is 27.3. The van der Waals surface area contributed by atoms with Crippen LogP contribution < -0.4 is 0 Å². The Balaban J connectivity index is 1.73. The number of aliphatic hydroxyl groups is 2. The molecule has 190 valence electrons. The molecule has 34 heavy (non-hydrogen) atoms. The first-order valence-electron chi connectivity index (χ1n) is 12.6. The highest BCUT2D eigenvalue weighted by Gasteiger charge is 2.50. The van der Waals surface area contributed by atoms with Crippen LogP contribution in [0.3, 0.4) is 0 Å². The second-order valence-electron chi connectivity index (χ2n) is 10.6. The van der Waals surface area contributed by atoms with Crippen molar-refractivity contribution in [1.29, 1.82) is 0 Å². The van der Waals surface area contributed by atoms with E-state index in [2.05, 4.69) is 26.5 Å². The van der Waals surface area contributed by atoms with E-state index in [1.165, 1.54) is 11.6 Å². The predicted octanol–water partition coefficient (Wildman–Crippen LogP) is 5.46. The Hall–Kier alpha value is -1.30. The Kier molecular flexibility index (Phi) is 8.97. The molecule has 3 aliphatic carbocycles. The molecule has 2 unspecified atom stereocenters. The number of hydrogen-bond acceptors (Lipinski definition) is 5. The van der Waals surface area contributed by atoms with Crippen molar-refractivity contribution >= 4 is 13.1 Å². The van der Waals surface area contributed by atoms with Crippen molar-refractivity contribution < 1.29 is 29.0 Å². The van der Waals surface area contributed by atoms with Gasteiger partial charge in [-0.15, -0.1) is 0 Å². The molecule has 0 aromatic heterocycles. The van der Waals surface area contributed by atoms with Crippen LogP contribution in [-0.4, -0.2) is 39.4 Å². The predicted molar refractivity (Wildman–Crippen MR) is 134 cm³/mol. The molecule has 3 saturated carbocycles. The van der Waals surface area contributed by atoms with Gasteiger partial charge < -0.3 is 19.6 Å². The number of fused-ring (bicyclic) bond motifs is 1. The Labute approximate surface area is 204 Å². The van der Waals surface area contributed by atoms with Gasteiger partial charge in [0.1, 0.15) is 0 Å². The Bertz CT molecular complexity index is 918. The molecule has 3 N–H and O–H groups in total. The first-order valence-corrected chi connectivity index (χ1v) is 14.2. The summed E-state index contributed by atoms with van der Waals surface area (Å²) in [6.07, 6.45) is 12.9. The van der Waals surface area contributed by atoms with Crippen LogP contribution in [0.1, 0.15) is 72.1 Å². The van der Waals surface area contributed by atoms with Crippen LogP contribution in [0.4, 0.5) is 0 Å². The minimum Gasteiger partial charge on any atom is -0.393 e. The van der Waals surface area contributed by atoms with E-state index < -0.39 is 25.3 Å². The normalized spacial score (nSPS) is 37.2. The average molecular weight is 493 g/mol. The molecule has 0 amide bonds. The van der Waals surface area contributed by atoms with Crippen LogP contribution in [0.5, 0.6) is 0 Å². The van der Waals surface area contributed by atoms with E-state index in [0.29, 0.717) is 36.7 Å². The highest BCUT2D eigenvalue weighted by molar-refractivity contribution is 7.71. The van der Waals surface area contributed by atoms with Crippen LogP contribution in [0.15, 0.2) is 47.6 Å². The van der Waals surface area contributed by atoms with E-state index in [1.54, 1.807) is 6.08 Å². The standard InChI is InChI=1S/C27H41O6P/c1-5-15-33-34(31,32)26(30)13-8-18(2)23-11-12-24-20(7-6-14-27(23,24)4)9-10-21-16-22(28)17-25(29)19(21)3/h8-10,13,18,22-25,28-29H,3,5-7,11-12,14-17H2,1-2,4H3,(H,31,32)/b13-8+,20-9+,21-10-/t18-,22-,23-,24?,25+,27-/m1/s1. The lowest BCUT2D eigenvalue weighted by Gasteiger charge is -2.44. The number of rotatable bonds is 8. The van der Waals surface area contributed by atoms with Crippen molar-refractivity contribution in [3.8, 4) is 0 Å². The van der Waals surface area contributed by atoms with E-state index in [4.69, 9.17) is 4.52 Å². The van der Waals surface area contributed by atoms with Crippen LogP contribution >= 0.6 is 7.60 Å². The van der Waals surface area contributed by atoms with Gasteiger partial charge in [-0.3, -0.25) is 9.36 Å². The van der Waals surface area contributed by atoms with Gasteiger partial charge in [-0.25, -0.2) is 0 Å². The topological polar surface area (TPSA) is 104 Å². The molecule has 0 heterocycles. The van der Waals surface area contributed by atoms with E-state index in [1.807, 2.05) is 13.0 Å². The van der Waals surface area contributed by atoms with Crippen molar-refractivity contribution in [2.45, 2.75) is 84.3 Å². The van der Waals surface area contributed by atoms with Crippen molar-refractivity contribution in [1.82, 2.24) is 0 Å². The summed E-state index contributed by atoms with van der Waals surface area (Å²) < 4.78 is 17.0. The molecule has 0 saturated heterocycles. The molecule has 7 heteroatoms. The number of hydrogen-bond donors (Lipinski definition) is 3. The largest absolute Gasteiger partial charge is 0.398 e. The van der Waals surface area contributed by atoms with Gasteiger partial charge in [0, 0.05) is 6.42 Å². The summed E-state index contributed by atoms with van der Waals surface area (Å²) in [5.74, 6) is 0.922. The molecular weight excluding hydrogens is 451 g/mol. The van der Waals surface area contributed by atoms with Crippen molar-refractivity contribution in [3.63, 3.8) is 0 Å². The molecular formula is C27H41O6P. The van der Waals surface area contributed by atoms with E-state index in [-0.39, 0.29) is 17.9 Å². The summed E-state index contributed by atoms with van der Waals surface area (Å²) in [6.45, 7) is 10.4. The maximum atomic E-state index is 12.2. The summed E-state index contributed by atoms with van der Waals surface area (Å²) in [6, 6.07) is 0. The van der Waals surface area contributed by atoms with Gasteiger partial charge in [0.2, 0.25) is 0 Å². The zero-order valence-electron chi connectivity index (χ0n) is 20.8. The smallest absolute Gasteiger partial charge is 0.393 e. The molecule has 3 aliphatic rings. The molecule has 0 spiro atoms. The van der Waals surface area contributed by atoms with Crippen LogP contribution in [-0.2, 0) is 13.9 Å². The van der Waals surface area contributed by atoms with Crippen LogP contribution in [0.25, 0.3) is 0 Å². The second kappa shape index (κ2) is 11.2. The fourth-order valence-corrected chi connectivity index (χ4v) is 7.18. The SMILES string of the molecule is C=C1/C(=C\C=C2/CCC[C@@]3(C)C2CC[C@@H]3[C@H](C)/C=C/C(=O)P(=O)(O)OCCC)C[C@@H](O)C[C@@H]1O. The fraction of sp³-hybridized carbons (Fsp3) is 0.667.